The van der Waals surface area contributed by atoms with E-state index in [0.29, 0.717) is 20.2 Å². The lowest BCUT2D eigenvalue weighted by molar-refractivity contribution is -0.124. The van der Waals surface area contributed by atoms with E-state index < -0.39 is 0 Å². The molecular formula is C19H19Br2N3O3. The topological polar surface area (TPSA) is 90.8 Å². The van der Waals surface area contributed by atoms with Gasteiger partial charge in [-0.2, -0.15) is 5.10 Å². The van der Waals surface area contributed by atoms with Gasteiger partial charge < -0.3 is 10.4 Å². The molecule has 0 heterocycles. The number of hydrazone groups is 1. The largest absolute Gasteiger partial charge is 0.506 e. The second-order valence-corrected chi connectivity index (χ2v) is 7.68. The van der Waals surface area contributed by atoms with Crippen molar-refractivity contribution in [2.45, 2.75) is 26.7 Å². The maximum Gasteiger partial charge on any atom is 0.240 e. The number of benzene rings is 2. The van der Waals surface area contributed by atoms with Crippen molar-refractivity contribution >= 4 is 55.6 Å². The number of nitrogens with one attached hydrogen (secondary N) is 2. The Bertz CT molecular complexity index is 875. The molecule has 0 spiro atoms. The predicted molar refractivity (Wildman–Crippen MR) is 113 cm³/mol. The summed E-state index contributed by atoms with van der Waals surface area (Å²) >= 11 is 6.44. The van der Waals surface area contributed by atoms with Gasteiger partial charge >= 0.3 is 0 Å². The van der Waals surface area contributed by atoms with Crippen LogP contribution < -0.4 is 10.7 Å². The van der Waals surface area contributed by atoms with Crippen LogP contribution in [-0.2, 0) is 9.59 Å². The summed E-state index contributed by atoms with van der Waals surface area (Å²) in [6.07, 6.45) is 1.53. The minimum atomic E-state index is -0.363. The van der Waals surface area contributed by atoms with E-state index in [0.717, 1.165) is 11.1 Å². The zero-order valence-corrected chi connectivity index (χ0v) is 18.0. The first-order valence-electron chi connectivity index (χ1n) is 8.13. The van der Waals surface area contributed by atoms with Crippen molar-refractivity contribution < 1.29 is 14.7 Å². The fourth-order valence-electron chi connectivity index (χ4n) is 2.16. The lowest BCUT2D eigenvalue weighted by Crippen LogP contribution is -2.20. The Hall–Kier alpha value is -2.19. The highest BCUT2D eigenvalue weighted by Crippen LogP contribution is 2.32. The molecular weight excluding hydrogens is 478 g/mol. The standard InChI is InChI=1S/C19H19Br2N3O3/c1-11-3-4-14(7-12(11)2)23-17(25)5-6-18(26)24-22-10-13-8-15(20)19(27)16(21)9-13/h3-4,7-10,27H,5-6H2,1-2H3,(H,23,25)(H,24,26)/b22-10-. The Labute approximate surface area is 174 Å². The van der Waals surface area contributed by atoms with Gasteiger partial charge in [0.1, 0.15) is 5.75 Å². The van der Waals surface area contributed by atoms with Gasteiger partial charge in [0.15, 0.2) is 0 Å². The summed E-state index contributed by atoms with van der Waals surface area (Å²) in [4.78, 5) is 23.8. The van der Waals surface area contributed by atoms with E-state index in [1.807, 2.05) is 32.0 Å². The van der Waals surface area contributed by atoms with Gasteiger partial charge in [-0.05, 0) is 86.7 Å². The lowest BCUT2D eigenvalue weighted by atomic mass is 10.1. The number of aromatic hydroxyl groups is 1. The molecule has 2 aromatic carbocycles. The Morgan fingerprint density at radius 2 is 1.67 bits per heavy atom. The van der Waals surface area contributed by atoms with Gasteiger partial charge in [0.25, 0.3) is 0 Å². The van der Waals surface area contributed by atoms with Gasteiger partial charge in [0.2, 0.25) is 11.8 Å². The summed E-state index contributed by atoms with van der Waals surface area (Å²) in [5, 5.41) is 16.3. The monoisotopic (exact) mass is 495 g/mol. The third-order valence-electron chi connectivity index (χ3n) is 3.81. The SMILES string of the molecule is Cc1ccc(NC(=O)CCC(=O)N/N=C\c2cc(Br)c(O)c(Br)c2)cc1C. The fourth-order valence-corrected chi connectivity index (χ4v) is 3.39. The van der Waals surface area contributed by atoms with E-state index in [9.17, 15) is 14.7 Å². The molecule has 0 fully saturated rings. The van der Waals surface area contributed by atoms with E-state index in [4.69, 9.17) is 0 Å². The van der Waals surface area contributed by atoms with Crippen LogP contribution in [0.15, 0.2) is 44.4 Å². The molecule has 2 aromatic rings. The summed E-state index contributed by atoms with van der Waals surface area (Å²) in [6.45, 7) is 3.98. The van der Waals surface area contributed by atoms with Crippen LogP contribution in [-0.4, -0.2) is 23.1 Å². The molecule has 0 aromatic heterocycles. The van der Waals surface area contributed by atoms with Gasteiger partial charge in [0.05, 0.1) is 15.2 Å². The minimum absolute atomic E-state index is 0.0248. The highest BCUT2D eigenvalue weighted by molar-refractivity contribution is 9.11. The van der Waals surface area contributed by atoms with Gasteiger partial charge in [-0.1, -0.05) is 6.07 Å². The van der Waals surface area contributed by atoms with Crippen molar-refractivity contribution in [3.05, 3.63) is 56.0 Å². The first kappa shape index (κ1) is 21.1. The van der Waals surface area contributed by atoms with Crippen LogP contribution in [0.2, 0.25) is 0 Å². The summed E-state index contributed by atoms with van der Waals surface area (Å²) in [6, 6.07) is 8.98. The Balaban J connectivity index is 1.80. The molecule has 2 rings (SSSR count). The smallest absolute Gasteiger partial charge is 0.240 e. The number of amides is 2. The third-order valence-corrected chi connectivity index (χ3v) is 5.02. The molecule has 0 saturated heterocycles. The van der Waals surface area contributed by atoms with Crippen molar-refractivity contribution in [3.63, 3.8) is 0 Å². The maximum atomic E-state index is 12.0. The van der Waals surface area contributed by atoms with Crippen LogP contribution in [0, 0.1) is 13.8 Å². The molecule has 6 nitrogen and oxygen atoms in total. The number of nitrogens with zero attached hydrogens (tertiary/aromatic N) is 1. The number of hydrogen-bond donors (Lipinski definition) is 3. The average molecular weight is 497 g/mol. The fraction of sp³-hybridized carbons (Fsp3) is 0.211. The molecule has 0 bridgehead atoms. The molecule has 27 heavy (non-hydrogen) atoms. The first-order valence-corrected chi connectivity index (χ1v) is 9.72. The number of carbonyl (C=O) groups is 2. The van der Waals surface area contributed by atoms with Gasteiger partial charge in [0, 0.05) is 18.5 Å². The summed E-state index contributed by atoms with van der Waals surface area (Å²) in [7, 11) is 0. The van der Waals surface area contributed by atoms with Crippen LogP contribution in [0.25, 0.3) is 0 Å². The number of carbonyl (C=O) groups excluding carboxylic acids is 2. The van der Waals surface area contributed by atoms with E-state index in [2.05, 4.69) is 47.7 Å². The number of hydrogen-bond acceptors (Lipinski definition) is 4. The van der Waals surface area contributed by atoms with Crippen LogP contribution >= 0.6 is 31.9 Å². The Kier molecular flexibility index (Phi) is 7.55. The highest BCUT2D eigenvalue weighted by Gasteiger charge is 2.08. The number of halogens is 2. The zero-order valence-electron chi connectivity index (χ0n) is 14.8. The van der Waals surface area contributed by atoms with Crippen LogP contribution in [0.4, 0.5) is 5.69 Å². The second kappa shape index (κ2) is 9.66. The highest BCUT2D eigenvalue weighted by atomic mass is 79.9. The van der Waals surface area contributed by atoms with Crippen molar-refractivity contribution in [1.29, 1.82) is 0 Å². The molecule has 0 aliphatic rings. The molecule has 0 aliphatic heterocycles. The van der Waals surface area contributed by atoms with Crippen molar-refractivity contribution in [1.82, 2.24) is 5.43 Å². The Morgan fingerprint density at radius 1 is 1.04 bits per heavy atom. The molecule has 8 heteroatoms. The Morgan fingerprint density at radius 3 is 2.30 bits per heavy atom. The van der Waals surface area contributed by atoms with Gasteiger partial charge in [-0.3, -0.25) is 9.59 Å². The molecule has 0 aliphatic carbocycles. The van der Waals surface area contributed by atoms with Crippen molar-refractivity contribution in [3.8, 4) is 5.75 Å². The maximum absolute atomic E-state index is 12.0. The number of phenols is 1. The first-order chi connectivity index (χ1) is 12.8. The van der Waals surface area contributed by atoms with Gasteiger partial charge in [-0.25, -0.2) is 5.43 Å². The van der Waals surface area contributed by atoms with Gasteiger partial charge in [-0.15, -0.1) is 0 Å². The molecule has 3 N–H and O–H groups in total. The minimum Gasteiger partial charge on any atom is -0.506 e. The second-order valence-electron chi connectivity index (χ2n) is 5.97. The zero-order chi connectivity index (χ0) is 20.0. The molecule has 0 atom stereocenters. The quantitative estimate of drug-likeness (QED) is 0.408. The molecule has 0 radical (unpaired) electrons. The van der Waals surface area contributed by atoms with Crippen LogP contribution in [0.1, 0.15) is 29.5 Å². The number of aryl methyl sites for hydroxylation is 2. The predicted octanol–water partition coefficient (Wildman–Crippen LogP) is 4.40. The molecule has 0 unspecified atom stereocenters. The average Bonchev–Trinajstić information content (AvgIpc) is 2.61. The van der Waals surface area contributed by atoms with Crippen LogP contribution in [0.3, 0.4) is 0 Å². The molecule has 0 saturated carbocycles. The van der Waals surface area contributed by atoms with E-state index in [1.54, 1.807) is 12.1 Å². The van der Waals surface area contributed by atoms with Crippen molar-refractivity contribution in [2.24, 2.45) is 5.10 Å². The lowest BCUT2D eigenvalue weighted by Gasteiger charge is -2.07. The molecule has 2 amide bonds. The number of phenolic OH excluding ortho intramolecular Hbond substituents is 1. The van der Waals surface area contributed by atoms with Crippen molar-refractivity contribution in [2.75, 3.05) is 5.32 Å². The number of rotatable bonds is 6. The van der Waals surface area contributed by atoms with E-state index >= 15 is 0 Å². The summed E-state index contributed by atoms with van der Waals surface area (Å²) < 4.78 is 1.01. The summed E-state index contributed by atoms with van der Waals surface area (Å²) in [5.74, 6) is -0.506. The summed E-state index contributed by atoms with van der Waals surface area (Å²) in [5.41, 5.74) is 6.01. The van der Waals surface area contributed by atoms with E-state index in [1.165, 1.54) is 6.21 Å². The van der Waals surface area contributed by atoms with E-state index in [-0.39, 0.29) is 30.4 Å². The normalized spacial score (nSPS) is 10.8. The third kappa shape index (κ3) is 6.48. The van der Waals surface area contributed by atoms with Crippen LogP contribution in [0.5, 0.6) is 5.75 Å². The number of anilines is 1. The molecule has 142 valence electrons.